The number of hydrogen-bond donors (Lipinski definition) is 0. The van der Waals surface area contributed by atoms with E-state index in [0.29, 0.717) is 45.4 Å². The lowest BCUT2D eigenvalue weighted by Crippen LogP contribution is -2.18. The lowest BCUT2D eigenvalue weighted by atomic mass is 9.99. The number of benzene rings is 7. The Morgan fingerprint density at radius 1 is 0.411 bits per heavy atom. The number of hydrogen-bond acceptors (Lipinski definition) is 7. The molecule has 0 atom stereocenters. The van der Waals surface area contributed by atoms with Crippen LogP contribution in [0, 0.1) is 0 Å². The first-order chi connectivity index (χ1) is 27.7. The van der Waals surface area contributed by atoms with Gasteiger partial charge in [0.25, 0.3) is 5.56 Å². The molecule has 0 N–H and O–H groups in total. The molecule has 0 saturated carbocycles. The first-order valence-corrected chi connectivity index (χ1v) is 18.3. The van der Waals surface area contributed by atoms with E-state index in [9.17, 15) is 4.79 Å². The van der Waals surface area contributed by atoms with Gasteiger partial charge in [0.05, 0.1) is 16.4 Å². The zero-order valence-corrected chi connectivity index (χ0v) is 29.7. The second-order valence-electron chi connectivity index (χ2n) is 13.7. The van der Waals surface area contributed by atoms with E-state index in [1.54, 1.807) is 4.40 Å². The van der Waals surface area contributed by atoms with E-state index in [4.69, 9.17) is 29.3 Å². The predicted octanol–water partition coefficient (Wildman–Crippen LogP) is 10.8. The zero-order valence-electron chi connectivity index (χ0n) is 29.7. The Labute approximate surface area is 319 Å². The molecule has 7 aromatic carbocycles. The summed E-state index contributed by atoms with van der Waals surface area (Å²) in [5.41, 5.74) is 8.63. The third kappa shape index (κ3) is 5.15. The van der Waals surface area contributed by atoms with Crippen LogP contribution in [-0.4, -0.2) is 29.3 Å². The van der Waals surface area contributed by atoms with Crippen molar-refractivity contribution in [1.82, 2.24) is 29.3 Å². The van der Waals surface area contributed by atoms with E-state index in [0.717, 1.165) is 60.6 Å². The summed E-state index contributed by atoms with van der Waals surface area (Å²) in [5.74, 6) is 2.30. The van der Waals surface area contributed by atoms with Gasteiger partial charge in [0.2, 0.25) is 0 Å². The van der Waals surface area contributed by atoms with E-state index in [2.05, 4.69) is 24.3 Å². The number of rotatable bonds is 5. The summed E-state index contributed by atoms with van der Waals surface area (Å²) in [4.78, 5) is 39.2. The van der Waals surface area contributed by atoms with E-state index in [1.165, 1.54) is 0 Å². The molecule has 11 aromatic rings. The predicted molar refractivity (Wildman–Crippen MR) is 222 cm³/mol. The second-order valence-corrected chi connectivity index (χ2v) is 13.7. The van der Waals surface area contributed by atoms with Crippen molar-refractivity contribution >= 4 is 49.4 Å². The lowest BCUT2D eigenvalue weighted by Gasteiger charge is -2.13. The highest BCUT2D eigenvalue weighted by Crippen LogP contribution is 2.39. The van der Waals surface area contributed by atoms with Gasteiger partial charge in [0, 0.05) is 38.4 Å². The molecule has 0 bridgehead atoms. The molecule has 0 radical (unpaired) electrons. The van der Waals surface area contributed by atoms with Crippen LogP contribution >= 0.6 is 0 Å². The van der Waals surface area contributed by atoms with Crippen LogP contribution in [0.25, 0.3) is 106 Å². The summed E-state index contributed by atoms with van der Waals surface area (Å²) in [6.07, 6.45) is 0. The molecule has 0 aliphatic carbocycles. The smallest absolute Gasteiger partial charge is 0.267 e. The number of para-hydroxylation sites is 2. The van der Waals surface area contributed by atoms with E-state index in [1.807, 2.05) is 146 Å². The molecule has 0 unspecified atom stereocenters. The van der Waals surface area contributed by atoms with Crippen LogP contribution in [0.2, 0.25) is 0 Å². The summed E-state index contributed by atoms with van der Waals surface area (Å²) >= 11 is 0. The standard InChI is InChI=1S/C48H28N6O2/c55-48-35-20-8-10-23-39(35)50-46-34-19-7-9-22-38(34)49-47(54(46)48)36-21-12-24-41-42(36)37-28-32(25-26-40(37)56-41)31-17-11-18-33(27-31)45-52-43(29-13-3-1-4-14-29)51-44(53-45)30-15-5-2-6-16-30/h1-28H. The van der Waals surface area contributed by atoms with Crippen LogP contribution in [0.1, 0.15) is 0 Å². The van der Waals surface area contributed by atoms with Crippen molar-refractivity contribution in [3.8, 4) is 56.7 Å². The minimum absolute atomic E-state index is 0.176. The summed E-state index contributed by atoms with van der Waals surface area (Å²) in [6, 6.07) is 55.5. The molecule has 0 aliphatic heterocycles. The SMILES string of the molecule is O=c1c2ccccc2nc2c3ccccc3nc(-c3cccc4oc5ccc(-c6cccc(-c7nc(-c8ccccc8)nc(-c8ccccc8)n7)c6)cc5c34)n12. The maximum atomic E-state index is 14.3. The van der Waals surface area contributed by atoms with Crippen LogP contribution in [0.3, 0.4) is 0 Å². The summed E-state index contributed by atoms with van der Waals surface area (Å²) < 4.78 is 8.10. The van der Waals surface area contributed by atoms with Gasteiger partial charge in [-0.1, -0.05) is 121 Å². The van der Waals surface area contributed by atoms with E-state index in [-0.39, 0.29) is 5.56 Å². The molecule has 0 fully saturated rings. The fourth-order valence-corrected chi connectivity index (χ4v) is 7.58. The van der Waals surface area contributed by atoms with Gasteiger partial charge < -0.3 is 4.42 Å². The van der Waals surface area contributed by atoms with Crippen LogP contribution in [0.15, 0.2) is 179 Å². The number of nitrogens with zero attached hydrogens (tertiary/aromatic N) is 6. The van der Waals surface area contributed by atoms with Crippen LogP contribution < -0.4 is 5.56 Å². The van der Waals surface area contributed by atoms with Gasteiger partial charge in [0.15, 0.2) is 23.1 Å². The van der Waals surface area contributed by atoms with Crippen LogP contribution in [0.4, 0.5) is 0 Å². The van der Waals surface area contributed by atoms with Crippen molar-refractivity contribution in [3.05, 3.63) is 180 Å². The molecular formula is C48H28N6O2. The lowest BCUT2D eigenvalue weighted by molar-refractivity contribution is 0.669. The monoisotopic (exact) mass is 720 g/mol. The topological polar surface area (TPSA) is 99.1 Å². The van der Waals surface area contributed by atoms with E-state index < -0.39 is 0 Å². The van der Waals surface area contributed by atoms with Crippen molar-refractivity contribution in [3.63, 3.8) is 0 Å². The Morgan fingerprint density at radius 3 is 1.71 bits per heavy atom. The number of fused-ring (bicyclic) bond motifs is 7. The first kappa shape index (κ1) is 31.7. The Bertz CT molecular complexity index is 3340. The van der Waals surface area contributed by atoms with Crippen molar-refractivity contribution in [2.24, 2.45) is 0 Å². The van der Waals surface area contributed by atoms with Crippen molar-refractivity contribution in [2.75, 3.05) is 0 Å². The molecule has 0 aliphatic rings. The van der Waals surface area contributed by atoms with Gasteiger partial charge in [0.1, 0.15) is 17.0 Å². The van der Waals surface area contributed by atoms with Crippen molar-refractivity contribution in [2.45, 2.75) is 0 Å². The average Bonchev–Trinajstić information content (AvgIpc) is 3.65. The third-order valence-corrected chi connectivity index (χ3v) is 10.2. The third-order valence-electron chi connectivity index (χ3n) is 10.2. The first-order valence-electron chi connectivity index (χ1n) is 18.3. The van der Waals surface area contributed by atoms with Gasteiger partial charge in [-0.25, -0.2) is 29.3 Å². The maximum Gasteiger partial charge on any atom is 0.267 e. The molecular weight excluding hydrogens is 693 g/mol. The fourth-order valence-electron chi connectivity index (χ4n) is 7.58. The Hall–Kier alpha value is -7.84. The minimum Gasteiger partial charge on any atom is -0.456 e. The van der Waals surface area contributed by atoms with Crippen molar-refractivity contribution < 1.29 is 4.42 Å². The van der Waals surface area contributed by atoms with Crippen LogP contribution in [0.5, 0.6) is 0 Å². The normalized spacial score (nSPS) is 11.6. The van der Waals surface area contributed by atoms with E-state index >= 15 is 0 Å². The summed E-state index contributed by atoms with van der Waals surface area (Å²) in [7, 11) is 0. The molecule has 8 heteroatoms. The highest BCUT2D eigenvalue weighted by atomic mass is 16.3. The second kappa shape index (κ2) is 12.6. The number of furan rings is 1. The largest absolute Gasteiger partial charge is 0.456 e. The molecule has 0 saturated heterocycles. The van der Waals surface area contributed by atoms with Gasteiger partial charge in [-0.05, 0) is 59.7 Å². The Morgan fingerprint density at radius 2 is 0.982 bits per heavy atom. The molecule has 0 spiro atoms. The fraction of sp³-hybridized carbons (Fsp3) is 0. The Kier molecular flexibility index (Phi) is 7.15. The van der Waals surface area contributed by atoms with Gasteiger partial charge in [-0.15, -0.1) is 0 Å². The maximum absolute atomic E-state index is 14.3. The quantitative estimate of drug-likeness (QED) is 0.129. The zero-order chi connectivity index (χ0) is 37.2. The molecule has 262 valence electrons. The van der Waals surface area contributed by atoms with Crippen LogP contribution in [-0.2, 0) is 0 Å². The number of aromatic nitrogens is 6. The molecule has 0 amide bonds. The molecule has 56 heavy (non-hydrogen) atoms. The summed E-state index contributed by atoms with van der Waals surface area (Å²) in [5, 5.41) is 3.10. The summed E-state index contributed by atoms with van der Waals surface area (Å²) in [6.45, 7) is 0. The molecule has 8 nitrogen and oxygen atoms in total. The molecule has 4 aromatic heterocycles. The molecule has 4 heterocycles. The van der Waals surface area contributed by atoms with Crippen molar-refractivity contribution in [1.29, 1.82) is 0 Å². The highest BCUT2D eigenvalue weighted by molar-refractivity contribution is 6.13. The Balaban J connectivity index is 1.10. The minimum atomic E-state index is -0.176. The van der Waals surface area contributed by atoms with Gasteiger partial charge in [-0.3, -0.25) is 4.79 Å². The van der Waals surface area contributed by atoms with Gasteiger partial charge in [-0.2, -0.15) is 0 Å². The average molecular weight is 721 g/mol. The molecule has 11 rings (SSSR count). The van der Waals surface area contributed by atoms with Gasteiger partial charge >= 0.3 is 0 Å². The highest BCUT2D eigenvalue weighted by Gasteiger charge is 2.21.